The monoisotopic (exact) mass is 303 g/mol. The molecule has 0 aliphatic heterocycles. The Labute approximate surface area is 122 Å². The van der Waals surface area contributed by atoms with Gasteiger partial charge < -0.3 is 14.8 Å². The topological polar surface area (TPSA) is 30.5 Å². The number of nitrogens with one attached hydrogen (secondary N) is 1. The largest absolute Gasteiger partial charge is 0.573 e. The van der Waals surface area contributed by atoms with Crippen LogP contribution in [-0.4, -0.2) is 25.6 Å². The number of rotatable bonds is 5. The highest BCUT2D eigenvalue weighted by atomic mass is 19.4. The Hall–Kier alpha value is -1.27. The molecule has 1 aromatic rings. The quantitative estimate of drug-likeness (QED) is 0.897. The van der Waals surface area contributed by atoms with Gasteiger partial charge in [0.2, 0.25) is 0 Å². The zero-order chi connectivity index (χ0) is 15.5. The highest BCUT2D eigenvalue weighted by Gasteiger charge is 2.31. The fourth-order valence-electron chi connectivity index (χ4n) is 2.71. The molecule has 0 amide bonds. The van der Waals surface area contributed by atoms with Crippen molar-refractivity contribution in [1.29, 1.82) is 0 Å². The smallest absolute Gasteiger partial charge is 0.406 e. The average molecular weight is 303 g/mol. The third-order valence-corrected chi connectivity index (χ3v) is 3.82. The number of methoxy groups -OCH3 is 1. The molecule has 1 aliphatic carbocycles. The SMILES string of the molecule is COC1CCC(NC(C)c2ccc(OC(F)(F)F)cc2)C1. The van der Waals surface area contributed by atoms with Gasteiger partial charge in [-0.05, 0) is 43.9 Å². The first kappa shape index (κ1) is 16.1. The zero-order valence-electron chi connectivity index (χ0n) is 12.1. The van der Waals surface area contributed by atoms with Gasteiger partial charge in [0, 0.05) is 19.2 Å². The molecule has 0 radical (unpaired) electrons. The fraction of sp³-hybridized carbons (Fsp3) is 0.600. The summed E-state index contributed by atoms with van der Waals surface area (Å²) in [5, 5.41) is 3.48. The minimum atomic E-state index is -4.65. The molecule has 3 atom stereocenters. The van der Waals surface area contributed by atoms with Gasteiger partial charge in [0.1, 0.15) is 5.75 Å². The summed E-state index contributed by atoms with van der Waals surface area (Å²) < 4.78 is 45.5. The van der Waals surface area contributed by atoms with E-state index in [1.165, 1.54) is 12.1 Å². The van der Waals surface area contributed by atoms with Crippen LogP contribution < -0.4 is 10.1 Å². The first-order chi connectivity index (χ1) is 9.87. The Balaban J connectivity index is 1.89. The zero-order valence-corrected chi connectivity index (χ0v) is 12.1. The lowest BCUT2D eigenvalue weighted by Crippen LogP contribution is -2.29. The Morgan fingerprint density at radius 1 is 1.19 bits per heavy atom. The lowest BCUT2D eigenvalue weighted by atomic mass is 10.1. The van der Waals surface area contributed by atoms with Crippen LogP contribution in [0.15, 0.2) is 24.3 Å². The molecule has 1 N–H and O–H groups in total. The van der Waals surface area contributed by atoms with Crippen molar-refractivity contribution in [2.75, 3.05) is 7.11 Å². The maximum absolute atomic E-state index is 12.1. The number of halogens is 3. The summed E-state index contributed by atoms with van der Waals surface area (Å²) in [6, 6.07) is 6.45. The van der Waals surface area contributed by atoms with Gasteiger partial charge in [-0.2, -0.15) is 0 Å². The average Bonchev–Trinajstić information content (AvgIpc) is 2.85. The number of benzene rings is 1. The fourth-order valence-corrected chi connectivity index (χ4v) is 2.71. The van der Waals surface area contributed by atoms with Crippen LogP contribution in [0.3, 0.4) is 0 Å². The standard InChI is InChI=1S/C15H20F3NO2/c1-10(19-12-5-8-14(9-12)20-2)11-3-6-13(7-4-11)21-15(16,17)18/h3-4,6-7,10,12,14,19H,5,8-9H2,1-2H3. The van der Waals surface area contributed by atoms with E-state index in [1.807, 2.05) is 6.92 Å². The Morgan fingerprint density at radius 2 is 1.86 bits per heavy atom. The summed E-state index contributed by atoms with van der Waals surface area (Å²) >= 11 is 0. The normalized spacial score (nSPS) is 24.0. The Kier molecular flexibility index (Phi) is 5.11. The van der Waals surface area contributed by atoms with E-state index in [4.69, 9.17) is 4.74 Å². The van der Waals surface area contributed by atoms with Crippen LogP contribution >= 0.6 is 0 Å². The summed E-state index contributed by atoms with van der Waals surface area (Å²) in [6.45, 7) is 2.00. The van der Waals surface area contributed by atoms with E-state index in [0.29, 0.717) is 12.1 Å². The van der Waals surface area contributed by atoms with Gasteiger partial charge in [0.25, 0.3) is 0 Å². The number of ether oxygens (including phenoxy) is 2. The van der Waals surface area contributed by atoms with Crippen molar-refractivity contribution in [1.82, 2.24) is 5.32 Å². The second kappa shape index (κ2) is 6.66. The van der Waals surface area contributed by atoms with Crippen molar-refractivity contribution in [2.45, 2.75) is 50.7 Å². The van der Waals surface area contributed by atoms with Crippen LogP contribution in [0.25, 0.3) is 0 Å². The van der Waals surface area contributed by atoms with Crippen LogP contribution in [0, 0.1) is 0 Å². The number of hydrogen-bond acceptors (Lipinski definition) is 3. The van der Waals surface area contributed by atoms with Crippen molar-refractivity contribution in [3.05, 3.63) is 29.8 Å². The highest BCUT2D eigenvalue weighted by molar-refractivity contribution is 5.29. The van der Waals surface area contributed by atoms with Crippen molar-refractivity contribution in [3.8, 4) is 5.75 Å². The molecule has 1 fully saturated rings. The van der Waals surface area contributed by atoms with Gasteiger partial charge in [0.15, 0.2) is 0 Å². The first-order valence-corrected chi connectivity index (χ1v) is 7.02. The van der Waals surface area contributed by atoms with E-state index in [2.05, 4.69) is 10.1 Å². The van der Waals surface area contributed by atoms with Gasteiger partial charge in [-0.15, -0.1) is 13.2 Å². The van der Waals surface area contributed by atoms with Crippen molar-refractivity contribution in [2.24, 2.45) is 0 Å². The van der Waals surface area contributed by atoms with Gasteiger partial charge >= 0.3 is 6.36 Å². The van der Waals surface area contributed by atoms with Crippen LogP contribution in [0.2, 0.25) is 0 Å². The molecule has 0 heterocycles. The molecule has 1 saturated carbocycles. The molecule has 0 spiro atoms. The molecule has 6 heteroatoms. The molecule has 0 saturated heterocycles. The van der Waals surface area contributed by atoms with E-state index in [1.54, 1.807) is 19.2 Å². The van der Waals surface area contributed by atoms with Gasteiger partial charge in [-0.3, -0.25) is 0 Å². The Bertz CT molecular complexity index is 447. The molecular formula is C15H20F3NO2. The summed E-state index contributed by atoms with van der Waals surface area (Å²) in [5.74, 6) is -0.196. The predicted molar refractivity (Wildman–Crippen MR) is 73.1 cm³/mol. The maximum Gasteiger partial charge on any atom is 0.573 e. The Morgan fingerprint density at radius 3 is 2.38 bits per heavy atom. The maximum atomic E-state index is 12.1. The minimum Gasteiger partial charge on any atom is -0.406 e. The van der Waals surface area contributed by atoms with E-state index in [0.717, 1.165) is 24.8 Å². The van der Waals surface area contributed by atoms with Crippen LogP contribution in [-0.2, 0) is 4.74 Å². The third-order valence-electron chi connectivity index (χ3n) is 3.82. The second-order valence-corrected chi connectivity index (χ2v) is 5.37. The van der Waals surface area contributed by atoms with Crippen molar-refractivity contribution in [3.63, 3.8) is 0 Å². The molecular weight excluding hydrogens is 283 g/mol. The van der Waals surface area contributed by atoms with Gasteiger partial charge in [-0.25, -0.2) is 0 Å². The molecule has 3 nitrogen and oxygen atoms in total. The molecule has 0 bridgehead atoms. The molecule has 1 aliphatic rings. The third kappa shape index (κ3) is 4.89. The van der Waals surface area contributed by atoms with Gasteiger partial charge in [0.05, 0.1) is 6.10 Å². The van der Waals surface area contributed by atoms with Crippen molar-refractivity contribution >= 4 is 0 Å². The van der Waals surface area contributed by atoms with E-state index < -0.39 is 6.36 Å². The van der Waals surface area contributed by atoms with E-state index in [-0.39, 0.29) is 11.8 Å². The van der Waals surface area contributed by atoms with E-state index in [9.17, 15) is 13.2 Å². The molecule has 3 unspecified atom stereocenters. The second-order valence-electron chi connectivity index (χ2n) is 5.37. The minimum absolute atomic E-state index is 0.0746. The summed E-state index contributed by atoms with van der Waals surface area (Å²) in [5.41, 5.74) is 0.936. The molecule has 21 heavy (non-hydrogen) atoms. The summed E-state index contributed by atoms with van der Waals surface area (Å²) in [4.78, 5) is 0. The number of hydrogen-bond donors (Lipinski definition) is 1. The molecule has 1 aromatic carbocycles. The van der Waals surface area contributed by atoms with Crippen LogP contribution in [0.4, 0.5) is 13.2 Å². The lowest BCUT2D eigenvalue weighted by Gasteiger charge is -2.20. The van der Waals surface area contributed by atoms with Crippen LogP contribution in [0.1, 0.15) is 37.8 Å². The number of alkyl halides is 3. The summed E-state index contributed by atoms with van der Waals surface area (Å²) in [6.07, 6.45) is -1.28. The highest BCUT2D eigenvalue weighted by Crippen LogP contribution is 2.27. The molecule has 0 aromatic heterocycles. The van der Waals surface area contributed by atoms with Crippen LogP contribution in [0.5, 0.6) is 5.75 Å². The summed E-state index contributed by atoms with van der Waals surface area (Å²) in [7, 11) is 1.72. The lowest BCUT2D eigenvalue weighted by molar-refractivity contribution is -0.274. The first-order valence-electron chi connectivity index (χ1n) is 7.02. The predicted octanol–water partition coefficient (Wildman–Crippen LogP) is 3.80. The van der Waals surface area contributed by atoms with Gasteiger partial charge in [-0.1, -0.05) is 12.1 Å². The molecule has 118 valence electrons. The molecule has 2 rings (SSSR count). The van der Waals surface area contributed by atoms with E-state index >= 15 is 0 Å². The van der Waals surface area contributed by atoms with Crippen molar-refractivity contribution < 1.29 is 22.6 Å².